The minimum atomic E-state index is -0.199. The van der Waals surface area contributed by atoms with E-state index in [9.17, 15) is 4.79 Å². The van der Waals surface area contributed by atoms with Gasteiger partial charge in [0.15, 0.2) is 0 Å². The van der Waals surface area contributed by atoms with E-state index in [-0.39, 0.29) is 11.4 Å². The number of hydrogen-bond acceptors (Lipinski definition) is 2. The van der Waals surface area contributed by atoms with Crippen molar-refractivity contribution in [2.24, 2.45) is 0 Å². The Balaban J connectivity index is 2.45. The Morgan fingerprint density at radius 3 is 2.47 bits per heavy atom. The number of rotatable bonds is 3. The molecule has 0 unspecified atom stereocenters. The largest absolute Gasteiger partial charge is 0.465 e. The molecular formula is C15H18O2. The highest BCUT2D eigenvalue weighted by atomic mass is 16.5. The molecule has 1 aromatic rings. The average molecular weight is 230 g/mol. The lowest BCUT2D eigenvalue weighted by Gasteiger charge is -2.25. The number of allylic oxidation sites excluding steroid dienone is 1. The van der Waals surface area contributed by atoms with E-state index in [0.717, 1.165) is 6.42 Å². The summed E-state index contributed by atoms with van der Waals surface area (Å²) in [5.74, 6) is -0.106. The molecular weight excluding hydrogens is 212 g/mol. The number of carbonyl (C=O) groups is 1. The van der Waals surface area contributed by atoms with Crippen LogP contribution in [0, 0.1) is 13.8 Å². The summed E-state index contributed by atoms with van der Waals surface area (Å²) in [7, 11) is 0. The van der Waals surface area contributed by atoms with Crippen LogP contribution < -0.4 is 0 Å². The number of cyclic esters (lactones) is 1. The Morgan fingerprint density at radius 2 is 2.00 bits per heavy atom. The molecule has 1 aliphatic heterocycles. The third-order valence-electron chi connectivity index (χ3n) is 3.36. The van der Waals surface area contributed by atoms with Gasteiger partial charge in [-0.05, 0) is 25.8 Å². The molecule has 0 radical (unpaired) electrons. The molecule has 2 rings (SSSR count). The van der Waals surface area contributed by atoms with E-state index in [4.69, 9.17) is 4.74 Å². The second-order valence-corrected chi connectivity index (χ2v) is 4.99. The van der Waals surface area contributed by atoms with E-state index < -0.39 is 0 Å². The van der Waals surface area contributed by atoms with Crippen LogP contribution in [0.2, 0.25) is 0 Å². The molecule has 2 nitrogen and oxygen atoms in total. The van der Waals surface area contributed by atoms with E-state index >= 15 is 0 Å². The molecule has 0 N–H and O–H groups in total. The van der Waals surface area contributed by atoms with Crippen molar-refractivity contribution < 1.29 is 9.53 Å². The molecule has 1 atom stereocenters. The third-order valence-corrected chi connectivity index (χ3v) is 3.36. The van der Waals surface area contributed by atoms with Gasteiger partial charge in [0, 0.05) is 5.41 Å². The number of esters is 1. The van der Waals surface area contributed by atoms with Crippen molar-refractivity contribution in [2.75, 3.05) is 6.61 Å². The van der Waals surface area contributed by atoms with E-state index in [1.54, 1.807) is 0 Å². The monoisotopic (exact) mass is 230 g/mol. The maximum atomic E-state index is 11.4. The van der Waals surface area contributed by atoms with Gasteiger partial charge in [0.25, 0.3) is 0 Å². The molecule has 1 fully saturated rings. The second kappa shape index (κ2) is 4.36. The number of benzene rings is 1. The van der Waals surface area contributed by atoms with Crippen LogP contribution in [0.3, 0.4) is 0 Å². The Morgan fingerprint density at radius 1 is 1.35 bits per heavy atom. The minimum absolute atomic E-state index is 0.106. The van der Waals surface area contributed by atoms with Crippen LogP contribution in [0.4, 0.5) is 0 Å². The summed E-state index contributed by atoms with van der Waals surface area (Å²) >= 11 is 0. The van der Waals surface area contributed by atoms with Gasteiger partial charge in [0.2, 0.25) is 0 Å². The highest BCUT2D eigenvalue weighted by Crippen LogP contribution is 2.38. The lowest BCUT2D eigenvalue weighted by molar-refractivity contribution is -0.137. The molecule has 1 aromatic carbocycles. The molecule has 0 aromatic heterocycles. The molecule has 17 heavy (non-hydrogen) atoms. The second-order valence-electron chi connectivity index (χ2n) is 4.99. The van der Waals surface area contributed by atoms with Crippen LogP contribution in [-0.4, -0.2) is 12.6 Å². The molecule has 0 amide bonds. The van der Waals surface area contributed by atoms with E-state index in [2.05, 4.69) is 38.6 Å². The van der Waals surface area contributed by atoms with Crippen molar-refractivity contribution in [1.29, 1.82) is 0 Å². The van der Waals surface area contributed by atoms with E-state index in [1.807, 2.05) is 6.08 Å². The quantitative estimate of drug-likeness (QED) is 0.589. The van der Waals surface area contributed by atoms with Crippen LogP contribution in [0.25, 0.3) is 0 Å². The number of hydrogen-bond donors (Lipinski definition) is 0. The van der Waals surface area contributed by atoms with Crippen LogP contribution in [0.1, 0.15) is 29.5 Å². The van der Waals surface area contributed by atoms with Gasteiger partial charge in [0.05, 0.1) is 6.42 Å². The van der Waals surface area contributed by atoms with Gasteiger partial charge in [-0.1, -0.05) is 35.4 Å². The van der Waals surface area contributed by atoms with Gasteiger partial charge in [-0.15, -0.1) is 6.58 Å². The molecule has 1 aliphatic rings. The fourth-order valence-corrected chi connectivity index (χ4v) is 2.59. The standard InChI is InChI=1S/C15H18O2/c1-4-5-15(9-14(16)17-10-15)13-7-11(2)6-12(3)8-13/h4,6-8H,1,5,9-10H2,2-3H3/t15-/m0/s1. The van der Waals surface area contributed by atoms with Crippen molar-refractivity contribution in [1.82, 2.24) is 0 Å². The predicted octanol–water partition coefficient (Wildman–Crippen LogP) is 3.06. The molecule has 2 heteroatoms. The van der Waals surface area contributed by atoms with Crippen LogP contribution in [0.15, 0.2) is 30.9 Å². The Bertz CT molecular complexity index is 442. The van der Waals surface area contributed by atoms with Crippen molar-refractivity contribution in [3.63, 3.8) is 0 Å². The molecule has 90 valence electrons. The van der Waals surface area contributed by atoms with Gasteiger partial charge in [-0.2, -0.15) is 0 Å². The first-order chi connectivity index (χ1) is 8.05. The van der Waals surface area contributed by atoms with Crippen LogP contribution in [-0.2, 0) is 14.9 Å². The third kappa shape index (κ3) is 2.26. The Hall–Kier alpha value is -1.57. The van der Waals surface area contributed by atoms with Gasteiger partial charge < -0.3 is 4.74 Å². The highest BCUT2D eigenvalue weighted by Gasteiger charge is 2.41. The van der Waals surface area contributed by atoms with Crippen molar-refractivity contribution in [3.05, 3.63) is 47.5 Å². The predicted molar refractivity (Wildman–Crippen MR) is 68.0 cm³/mol. The molecule has 1 heterocycles. The fourth-order valence-electron chi connectivity index (χ4n) is 2.59. The topological polar surface area (TPSA) is 26.3 Å². The lowest BCUT2D eigenvalue weighted by Crippen LogP contribution is -2.26. The Labute approximate surface area is 102 Å². The minimum Gasteiger partial charge on any atom is -0.465 e. The van der Waals surface area contributed by atoms with E-state index in [0.29, 0.717) is 13.0 Å². The zero-order valence-electron chi connectivity index (χ0n) is 10.5. The summed E-state index contributed by atoms with van der Waals surface area (Å²) in [5.41, 5.74) is 3.45. The zero-order chi connectivity index (χ0) is 12.5. The first-order valence-electron chi connectivity index (χ1n) is 5.91. The van der Waals surface area contributed by atoms with Crippen molar-refractivity contribution in [3.8, 4) is 0 Å². The first kappa shape index (κ1) is 11.9. The van der Waals surface area contributed by atoms with Gasteiger partial charge in [-0.25, -0.2) is 0 Å². The fraction of sp³-hybridized carbons (Fsp3) is 0.400. The molecule has 0 saturated carbocycles. The molecule has 0 bridgehead atoms. The molecule has 0 aliphatic carbocycles. The van der Waals surface area contributed by atoms with Crippen molar-refractivity contribution in [2.45, 2.75) is 32.1 Å². The molecule has 0 spiro atoms. The highest BCUT2D eigenvalue weighted by molar-refractivity contribution is 5.74. The average Bonchev–Trinajstić information content (AvgIpc) is 2.60. The smallest absolute Gasteiger partial charge is 0.306 e. The SMILES string of the molecule is C=CC[C@@]1(c2cc(C)cc(C)c2)COC(=O)C1. The summed E-state index contributed by atoms with van der Waals surface area (Å²) in [4.78, 5) is 11.4. The van der Waals surface area contributed by atoms with Crippen molar-refractivity contribution >= 4 is 5.97 Å². The normalized spacial score (nSPS) is 23.5. The van der Waals surface area contributed by atoms with E-state index in [1.165, 1.54) is 16.7 Å². The summed E-state index contributed by atoms with van der Waals surface area (Å²) in [6.45, 7) is 8.43. The van der Waals surface area contributed by atoms with Gasteiger partial charge in [0.1, 0.15) is 6.61 Å². The van der Waals surface area contributed by atoms with Gasteiger partial charge in [-0.3, -0.25) is 4.79 Å². The number of carbonyl (C=O) groups excluding carboxylic acids is 1. The maximum absolute atomic E-state index is 11.4. The van der Waals surface area contributed by atoms with Gasteiger partial charge >= 0.3 is 5.97 Å². The van der Waals surface area contributed by atoms with Crippen LogP contribution >= 0.6 is 0 Å². The summed E-state index contributed by atoms with van der Waals surface area (Å²) in [5, 5.41) is 0. The summed E-state index contributed by atoms with van der Waals surface area (Å²) in [6, 6.07) is 6.44. The maximum Gasteiger partial charge on any atom is 0.306 e. The molecule has 1 saturated heterocycles. The Kier molecular flexibility index (Phi) is 3.05. The number of ether oxygens (including phenoxy) is 1. The first-order valence-corrected chi connectivity index (χ1v) is 5.91. The summed E-state index contributed by atoms with van der Waals surface area (Å²) < 4.78 is 5.17. The number of aryl methyl sites for hydroxylation is 2. The van der Waals surface area contributed by atoms with Crippen LogP contribution in [0.5, 0.6) is 0 Å². The zero-order valence-corrected chi connectivity index (χ0v) is 10.5. The summed E-state index contributed by atoms with van der Waals surface area (Å²) in [6.07, 6.45) is 3.11. The lowest BCUT2D eigenvalue weighted by atomic mass is 9.76.